The van der Waals surface area contributed by atoms with Crippen LogP contribution < -0.4 is 0 Å². The first-order valence-electron chi connectivity index (χ1n) is 7.12. The van der Waals surface area contributed by atoms with Gasteiger partial charge in [0.2, 0.25) is 0 Å². The minimum Gasteiger partial charge on any atom is -0.303 e. The van der Waals surface area contributed by atoms with Crippen LogP contribution in [0.3, 0.4) is 0 Å². The molecule has 1 spiro atoms. The molecular weight excluding hydrogens is 212 g/mol. The third-order valence-corrected chi connectivity index (χ3v) is 4.49. The Bertz CT molecular complexity index is 280. The van der Waals surface area contributed by atoms with E-state index in [0.717, 1.165) is 38.9 Å². The van der Waals surface area contributed by atoms with Crippen molar-refractivity contribution in [2.24, 2.45) is 0 Å². The molecule has 0 aromatic rings. The van der Waals surface area contributed by atoms with E-state index in [4.69, 9.17) is 0 Å². The maximum Gasteiger partial charge on any atom is 0.154 e. The molecule has 0 atom stereocenters. The fourth-order valence-electron chi connectivity index (χ4n) is 3.61. The van der Waals surface area contributed by atoms with Gasteiger partial charge in [0.25, 0.3) is 0 Å². The molecule has 0 N–H and O–H groups in total. The molecule has 2 aliphatic heterocycles. The topological polar surface area (TPSA) is 23.6 Å². The predicted molar refractivity (Wildman–Crippen MR) is 70.2 cm³/mol. The van der Waals surface area contributed by atoms with Crippen molar-refractivity contribution < 1.29 is 4.79 Å². The molecular formula is C14H26N2O. The second kappa shape index (κ2) is 5.07. The lowest BCUT2D eigenvalue weighted by Gasteiger charge is -2.45. The molecule has 98 valence electrons. The van der Waals surface area contributed by atoms with Crippen LogP contribution in [-0.4, -0.2) is 53.3 Å². The van der Waals surface area contributed by atoms with E-state index >= 15 is 0 Å². The molecule has 17 heavy (non-hydrogen) atoms. The number of hydrogen-bond acceptors (Lipinski definition) is 3. The van der Waals surface area contributed by atoms with E-state index in [2.05, 4.69) is 30.6 Å². The third-order valence-electron chi connectivity index (χ3n) is 4.49. The van der Waals surface area contributed by atoms with Crippen LogP contribution in [0.15, 0.2) is 0 Å². The molecule has 2 heterocycles. The van der Waals surface area contributed by atoms with Crippen molar-refractivity contribution in [2.45, 2.75) is 58.0 Å². The standard InChI is InChI=1S/C14H26N2O/c1-4-8-15-10-6-14(7-11-15)13(17)5-9-16(14)12(2)3/h12H,4-11H2,1-3H3. The maximum absolute atomic E-state index is 12.3. The fourth-order valence-corrected chi connectivity index (χ4v) is 3.61. The van der Waals surface area contributed by atoms with Crippen molar-refractivity contribution in [3.05, 3.63) is 0 Å². The normalized spacial score (nSPS) is 26.2. The third kappa shape index (κ3) is 2.27. The van der Waals surface area contributed by atoms with Crippen LogP contribution in [0.25, 0.3) is 0 Å². The van der Waals surface area contributed by atoms with Crippen LogP contribution in [0, 0.1) is 0 Å². The molecule has 2 rings (SSSR count). The zero-order valence-corrected chi connectivity index (χ0v) is 11.5. The van der Waals surface area contributed by atoms with Gasteiger partial charge in [-0.3, -0.25) is 9.69 Å². The maximum atomic E-state index is 12.3. The van der Waals surface area contributed by atoms with Crippen molar-refractivity contribution in [1.29, 1.82) is 0 Å². The predicted octanol–water partition coefficient (Wildman–Crippen LogP) is 1.91. The summed E-state index contributed by atoms with van der Waals surface area (Å²) >= 11 is 0. The van der Waals surface area contributed by atoms with Gasteiger partial charge < -0.3 is 4.90 Å². The average molecular weight is 238 g/mol. The van der Waals surface area contributed by atoms with Crippen LogP contribution in [0.2, 0.25) is 0 Å². The molecule has 2 saturated heterocycles. The minimum atomic E-state index is -0.0988. The molecule has 0 aliphatic carbocycles. The highest BCUT2D eigenvalue weighted by Crippen LogP contribution is 2.37. The molecule has 3 nitrogen and oxygen atoms in total. The van der Waals surface area contributed by atoms with Gasteiger partial charge in [0.05, 0.1) is 5.54 Å². The summed E-state index contributed by atoms with van der Waals surface area (Å²) < 4.78 is 0. The fraction of sp³-hybridized carbons (Fsp3) is 0.929. The lowest BCUT2D eigenvalue weighted by Crippen LogP contribution is -2.57. The quantitative estimate of drug-likeness (QED) is 0.750. The highest BCUT2D eigenvalue weighted by molar-refractivity contribution is 5.90. The second-order valence-electron chi connectivity index (χ2n) is 5.83. The summed E-state index contributed by atoms with van der Waals surface area (Å²) in [4.78, 5) is 17.2. The Morgan fingerprint density at radius 2 is 1.88 bits per heavy atom. The average Bonchev–Trinajstić information content (AvgIpc) is 2.61. The number of ketones is 1. The van der Waals surface area contributed by atoms with Crippen molar-refractivity contribution in [3.63, 3.8) is 0 Å². The Labute approximate surface area is 105 Å². The lowest BCUT2D eigenvalue weighted by molar-refractivity contribution is -0.128. The molecule has 0 aromatic heterocycles. The summed E-state index contributed by atoms with van der Waals surface area (Å²) in [5, 5.41) is 0. The van der Waals surface area contributed by atoms with E-state index in [0.29, 0.717) is 11.8 Å². The zero-order valence-electron chi connectivity index (χ0n) is 11.5. The lowest BCUT2D eigenvalue weighted by atomic mass is 9.83. The summed E-state index contributed by atoms with van der Waals surface area (Å²) in [6.07, 6.45) is 4.08. The largest absolute Gasteiger partial charge is 0.303 e. The monoisotopic (exact) mass is 238 g/mol. The molecule has 0 radical (unpaired) electrons. The zero-order chi connectivity index (χ0) is 12.5. The highest BCUT2D eigenvalue weighted by Gasteiger charge is 2.50. The Morgan fingerprint density at radius 3 is 2.41 bits per heavy atom. The van der Waals surface area contributed by atoms with Crippen molar-refractivity contribution >= 4 is 5.78 Å². The van der Waals surface area contributed by atoms with E-state index in [-0.39, 0.29) is 5.54 Å². The molecule has 2 fully saturated rings. The van der Waals surface area contributed by atoms with Gasteiger partial charge in [0.1, 0.15) is 0 Å². The minimum absolute atomic E-state index is 0.0988. The van der Waals surface area contributed by atoms with E-state index in [1.54, 1.807) is 0 Å². The number of Topliss-reactive ketones (excluding diaryl/α,β-unsaturated/α-hetero) is 1. The van der Waals surface area contributed by atoms with Crippen LogP contribution in [-0.2, 0) is 4.79 Å². The molecule has 0 amide bonds. The highest BCUT2D eigenvalue weighted by atomic mass is 16.1. The number of piperidine rings is 1. The number of hydrogen-bond donors (Lipinski definition) is 0. The summed E-state index contributed by atoms with van der Waals surface area (Å²) in [7, 11) is 0. The Balaban J connectivity index is 2.06. The SMILES string of the molecule is CCCN1CCC2(CC1)C(=O)CCN2C(C)C. The summed E-state index contributed by atoms with van der Waals surface area (Å²) in [6.45, 7) is 11.0. The van der Waals surface area contributed by atoms with Crippen LogP contribution in [0.4, 0.5) is 0 Å². The van der Waals surface area contributed by atoms with Gasteiger partial charge in [0.15, 0.2) is 5.78 Å². The van der Waals surface area contributed by atoms with Crippen LogP contribution in [0.5, 0.6) is 0 Å². The van der Waals surface area contributed by atoms with Crippen LogP contribution in [0.1, 0.15) is 46.5 Å². The summed E-state index contributed by atoms with van der Waals surface area (Å²) in [5.74, 6) is 0.502. The van der Waals surface area contributed by atoms with Gasteiger partial charge in [-0.1, -0.05) is 6.92 Å². The molecule has 0 aromatic carbocycles. The van der Waals surface area contributed by atoms with E-state index < -0.39 is 0 Å². The second-order valence-corrected chi connectivity index (χ2v) is 5.83. The van der Waals surface area contributed by atoms with Crippen molar-refractivity contribution in [3.8, 4) is 0 Å². The van der Waals surface area contributed by atoms with Gasteiger partial charge in [-0.05, 0) is 39.7 Å². The van der Waals surface area contributed by atoms with E-state index in [9.17, 15) is 4.79 Å². The first kappa shape index (κ1) is 13.0. The van der Waals surface area contributed by atoms with Crippen molar-refractivity contribution in [1.82, 2.24) is 9.80 Å². The van der Waals surface area contributed by atoms with E-state index in [1.165, 1.54) is 13.0 Å². The number of nitrogens with zero attached hydrogens (tertiary/aromatic N) is 2. The van der Waals surface area contributed by atoms with Gasteiger partial charge >= 0.3 is 0 Å². The first-order chi connectivity index (χ1) is 8.10. The Kier molecular flexibility index (Phi) is 3.88. The molecule has 0 bridgehead atoms. The number of carbonyl (C=O) groups is 1. The van der Waals surface area contributed by atoms with Gasteiger partial charge in [-0.25, -0.2) is 0 Å². The Hall–Kier alpha value is -0.410. The van der Waals surface area contributed by atoms with Crippen LogP contribution >= 0.6 is 0 Å². The first-order valence-corrected chi connectivity index (χ1v) is 7.12. The smallest absolute Gasteiger partial charge is 0.154 e. The van der Waals surface area contributed by atoms with Gasteiger partial charge in [-0.15, -0.1) is 0 Å². The Morgan fingerprint density at radius 1 is 1.24 bits per heavy atom. The molecule has 2 aliphatic rings. The molecule has 0 unspecified atom stereocenters. The van der Waals surface area contributed by atoms with Gasteiger partial charge in [0, 0.05) is 32.1 Å². The summed E-state index contributed by atoms with van der Waals surface area (Å²) in [6, 6.07) is 0.499. The van der Waals surface area contributed by atoms with E-state index in [1.807, 2.05) is 0 Å². The van der Waals surface area contributed by atoms with Gasteiger partial charge in [-0.2, -0.15) is 0 Å². The summed E-state index contributed by atoms with van der Waals surface area (Å²) in [5.41, 5.74) is -0.0988. The van der Waals surface area contributed by atoms with Crippen molar-refractivity contribution in [2.75, 3.05) is 26.2 Å². The molecule has 0 saturated carbocycles. The molecule has 3 heteroatoms. The number of rotatable bonds is 3. The number of carbonyl (C=O) groups excluding carboxylic acids is 1. The number of likely N-dealkylation sites (tertiary alicyclic amines) is 2.